The normalized spacial score (nSPS) is 12.0. The van der Waals surface area contributed by atoms with E-state index in [1.165, 1.54) is 11.1 Å². The van der Waals surface area contributed by atoms with Crippen molar-refractivity contribution in [2.24, 2.45) is 0 Å². The standard InChI is InChI=1S/C18H21N/c1-2-18(14-13-16-9-5-3-6-10-16)19-15-17-11-7-4-8-12-17/h2-12,18-19H,1,13-15H2. The quantitative estimate of drug-likeness (QED) is 0.734. The van der Waals surface area contributed by atoms with Gasteiger partial charge in [-0.15, -0.1) is 6.58 Å². The molecule has 1 heteroatoms. The molecule has 0 amide bonds. The number of nitrogens with one attached hydrogen (secondary N) is 1. The third-order valence-corrected chi connectivity index (χ3v) is 3.28. The van der Waals surface area contributed by atoms with Crippen LogP contribution in [0.1, 0.15) is 17.5 Å². The molecule has 1 N–H and O–H groups in total. The summed E-state index contributed by atoms with van der Waals surface area (Å²) in [5.41, 5.74) is 2.70. The Morgan fingerprint density at radius 1 is 0.895 bits per heavy atom. The molecule has 0 aliphatic rings. The predicted octanol–water partition coefficient (Wildman–Crippen LogP) is 3.96. The first-order chi connectivity index (χ1) is 9.38. The van der Waals surface area contributed by atoms with Crippen LogP contribution in [-0.2, 0) is 13.0 Å². The molecule has 0 heterocycles. The fraction of sp³-hybridized carbons (Fsp3) is 0.222. The van der Waals surface area contributed by atoms with Gasteiger partial charge in [0.2, 0.25) is 0 Å². The Bertz CT molecular complexity index is 432. The number of hydrogen-bond acceptors (Lipinski definition) is 1. The molecule has 1 atom stereocenters. The summed E-state index contributed by atoms with van der Waals surface area (Å²) in [5, 5.41) is 3.54. The average molecular weight is 251 g/mol. The summed E-state index contributed by atoms with van der Waals surface area (Å²) in [4.78, 5) is 0. The van der Waals surface area contributed by atoms with Crippen molar-refractivity contribution >= 4 is 0 Å². The van der Waals surface area contributed by atoms with E-state index in [0.717, 1.165) is 19.4 Å². The Labute approximate surface area is 116 Å². The van der Waals surface area contributed by atoms with Crippen LogP contribution in [0.5, 0.6) is 0 Å². The number of hydrogen-bond donors (Lipinski definition) is 1. The Hall–Kier alpha value is -1.86. The Balaban J connectivity index is 1.79. The number of rotatable bonds is 7. The maximum Gasteiger partial charge on any atom is 0.0253 e. The van der Waals surface area contributed by atoms with Gasteiger partial charge in [0.1, 0.15) is 0 Å². The van der Waals surface area contributed by atoms with Crippen LogP contribution in [0.3, 0.4) is 0 Å². The van der Waals surface area contributed by atoms with Gasteiger partial charge in [0, 0.05) is 12.6 Å². The maximum atomic E-state index is 3.92. The minimum atomic E-state index is 0.361. The molecule has 2 aromatic carbocycles. The number of benzene rings is 2. The van der Waals surface area contributed by atoms with E-state index in [1.807, 2.05) is 12.1 Å². The second-order valence-corrected chi connectivity index (χ2v) is 4.73. The molecule has 19 heavy (non-hydrogen) atoms. The molecule has 0 fully saturated rings. The van der Waals surface area contributed by atoms with E-state index in [1.54, 1.807) is 0 Å². The molecule has 1 unspecified atom stereocenters. The van der Waals surface area contributed by atoms with E-state index in [0.29, 0.717) is 6.04 Å². The maximum absolute atomic E-state index is 3.92. The lowest BCUT2D eigenvalue weighted by molar-refractivity contribution is 0.556. The lowest BCUT2D eigenvalue weighted by Crippen LogP contribution is -2.26. The molecule has 0 bridgehead atoms. The van der Waals surface area contributed by atoms with Crippen LogP contribution < -0.4 is 5.32 Å². The molecule has 0 aromatic heterocycles. The van der Waals surface area contributed by atoms with Crippen LogP contribution in [0.15, 0.2) is 73.3 Å². The van der Waals surface area contributed by atoms with Gasteiger partial charge in [-0.3, -0.25) is 0 Å². The van der Waals surface area contributed by atoms with Crippen molar-refractivity contribution in [3.63, 3.8) is 0 Å². The fourth-order valence-electron chi connectivity index (χ4n) is 2.11. The topological polar surface area (TPSA) is 12.0 Å². The summed E-state index contributed by atoms with van der Waals surface area (Å²) >= 11 is 0. The van der Waals surface area contributed by atoms with Crippen molar-refractivity contribution in [2.45, 2.75) is 25.4 Å². The predicted molar refractivity (Wildman–Crippen MR) is 82.0 cm³/mol. The second-order valence-electron chi connectivity index (χ2n) is 4.73. The first kappa shape index (κ1) is 13.6. The molecular formula is C18H21N. The lowest BCUT2D eigenvalue weighted by Gasteiger charge is -2.14. The molecule has 2 aromatic rings. The van der Waals surface area contributed by atoms with Crippen molar-refractivity contribution < 1.29 is 0 Å². The van der Waals surface area contributed by atoms with Gasteiger partial charge in [-0.1, -0.05) is 66.7 Å². The zero-order chi connectivity index (χ0) is 13.3. The molecule has 98 valence electrons. The average Bonchev–Trinajstić information content (AvgIpc) is 2.49. The first-order valence-electron chi connectivity index (χ1n) is 6.82. The van der Waals surface area contributed by atoms with E-state index >= 15 is 0 Å². The van der Waals surface area contributed by atoms with E-state index < -0.39 is 0 Å². The van der Waals surface area contributed by atoms with Gasteiger partial charge in [0.05, 0.1) is 0 Å². The van der Waals surface area contributed by atoms with Crippen LogP contribution in [0.25, 0.3) is 0 Å². The van der Waals surface area contributed by atoms with Crippen molar-refractivity contribution in [2.75, 3.05) is 0 Å². The van der Waals surface area contributed by atoms with E-state index in [9.17, 15) is 0 Å². The smallest absolute Gasteiger partial charge is 0.0253 e. The summed E-state index contributed by atoms with van der Waals surface area (Å²) in [7, 11) is 0. The Morgan fingerprint density at radius 2 is 1.47 bits per heavy atom. The Morgan fingerprint density at radius 3 is 2.05 bits per heavy atom. The molecule has 0 saturated heterocycles. The third kappa shape index (κ3) is 4.72. The monoisotopic (exact) mass is 251 g/mol. The van der Waals surface area contributed by atoms with Crippen molar-refractivity contribution in [1.29, 1.82) is 0 Å². The van der Waals surface area contributed by atoms with E-state index in [-0.39, 0.29) is 0 Å². The largest absolute Gasteiger partial charge is 0.306 e. The highest BCUT2D eigenvalue weighted by molar-refractivity contribution is 5.16. The first-order valence-corrected chi connectivity index (χ1v) is 6.82. The molecule has 0 aliphatic heterocycles. The van der Waals surface area contributed by atoms with Gasteiger partial charge in [0.25, 0.3) is 0 Å². The molecule has 0 spiro atoms. The van der Waals surface area contributed by atoms with Crippen molar-refractivity contribution in [3.05, 3.63) is 84.4 Å². The van der Waals surface area contributed by atoms with Gasteiger partial charge < -0.3 is 5.32 Å². The van der Waals surface area contributed by atoms with Crippen LogP contribution in [0.2, 0.25) is 0 Å². The van der Waals surface area contributed by atoms with Gasteiger partial charge in [-0.05, 0) is 24.0 Å². The Kier molecular flexibility index (Phi) is 5.39. The van der Waals surface area contributed by atoms with Gasteiger partial charge in [0.15, 0.2) is 0 Å². The van der Waals surface area contributed by atoms with E-state index in [4.69, 9.17) is 0 Å². The zero-order valence-corrected chi connectivity index (χ0v) is 11.3. The summed E-state index contributed by atoms with van der Waals surface area (Å²) < 4.78 is 0. The van der Waals surface area contributed by atoms with Crippen LogP contribution in [-0.4, -0.2) is 6.04 Å². The SMILES string of the molecule is C=CC(CCc1ccccc1)NCc1ccccc1. The molecule has 0 saturated carbocycles. The molecule has 0 radical (unpaired) electrons. The molecule has 2 rings (SSSR count). The summed E-state index contributed by atoms with van der Waals surface area (Å²) in [6.45, 7) is 4.82. The van der Waals surface area contributed by atoms with Crippen LogP contribution in [0, 0.1) is 0 Å². The van der Waals surface area contributed by atoms with E-state index in [2.05, 4.69) is 66.5 Å². The zero-order valence-electron chi connectivity index (χ0n) is 11.3. The van der Waals surface area contributed by atoms with Crippen LogP contribution >= 0.6 is 0 Å². The fourth-order valence-corrected chi connectivity index (χ4v) is 2.11. The molecule has 1 nitrogen and oxygen atoms in total. The second kappa shape index (κ2) is 7.55. The summed E-state index contributed by atoms with van der Waals surface area (Å²) in [5.74, 6) is 0. The van der Waals surface area contributed by atoms with Crippen LogP contribution in [0.4, 0.5) is 0 Å². The highest BCUT2D eigenvalue weighted by Crippen LogP contribution is 2.06. The highest BCUT2D eigenvalue weighted by Gasteiger charge is 2.04. The summed E-state index contributed by atoms with van der Waals surface area (Å²) in [6, 6.07) is 21.4. The molecular weight excluding hydrogens is 230 g/mol. The van der Waals surface area contributed by atoms with Gasteiger partial charge >= 0.3 is 0 Å². The lowest BCUT2D eigenvalue weighted by atomic mass is 10.0. The van der Waals surface area contributed by atoms with Crippen molar-refractivity contribution in [3.8, 4) is 0 Å². The minimum Gasteiger partial charge on any atom is -0.306 e. The highest BCUT2D eigenvalue weighted by atomic mass is 14.9. The number of aryl methyl sites for hydroxylation is 1. The third-order valence-electron chi connectivity index (χ3n) is 3.28. The van der Waals surface area contributed by atoms with Crippen molar-refractivity contribution in [1.82, 2.24) is 5.32 Å². The minimum absolute atomic E-state index is 0.361. The molecule has 0 aliphatic carbocycles. The van der Waals surface area contributed by atoms with Gasteiger partial charge in [-0.2, -0.15) is 0 Å². The summed E-state index contributed by atoms with van der Waals surface area (Å²) in [6.07, 6.45) is 4.17. The van der Waals surface area contributed by atoms with Gasteiger partial charge in [-0.25, -0.2) is 0 Å².